The number of carbonyl (C=O) groups is 2. The quantitative estimate of drug-likeness (QED) is 0.458. The van der Waals surface area contributed by atoms with Crippen LogP contribution in [0.25, 0.3) is 11.3 Å². The fraction of sp³-hybridized carbons (Fsp3) is 0.308. The van der Waals surface area contributed by atoms with E-state index in [-0.39, 0.29) is 18.3 Å². The summed E-state index contributed by atoms with van der Waals surface area (Å²) in [5, 5.41) is 0. The fourth-order valence-electron chi connectivity index (χ4n) is 3.86. The minimum absolute atomic E-state index is 0.0661. The second kappa shape index (κ2) is 10.9. The Bertz CT molecular complexity index is 1190. The van der Waals surface area contributed by atoms with E-state index in [0.29, 0.717) is 43.2 Å². The van der Waals surface area contributed by atoms with Crippen LogP contribution in [-0.2, 0) is 4.79 Å². The Morgan fingerprint density at radius 3 is 2.29 bits per heavy atom. The Kier molecular flexibility index (Phi) is 7.45. The first-order valence-electron chi connectivity index (χ1n) is 11.3. The molecule has 0 saturated carbocycles. The van der Waals surface area contributed by atoms with Gasteiger partial charge in [-0.2, -0.15) is 0 Å². The highest BCUT2D eigenvalue weighted by Crippen LogP contribution is 2.28. The van der Waals surface area contributed by atoms with Gasteiger partial charge in [-0.1, -0.05) is 0 Å². The lowest BCUT2D eigenvalue weighted by molar-refractivity contribution is -0.133. The highest BCUT2D eigenvalue weighted by atomic mass is 16.5. The summed E-state index contributed by atoms with van der Waals surface area (Å²) in [7, 11) is 3.14. The number of amides is 1. The largest absolute Gasteiger partial charge is 0.497 e. The number of piperazine rings is 1. The Balaban J connectivity index is 1.33. The number of nitrogens with zero attached hydrogens (tertiary/aromatic N) is 4. The van der Waals surface area contributed by atoms with Gasteiger partial charge in [-0.15, -0.1) is 0 Å². The molecule has 9 nitrogen and oxygen atoms in total. The molecule has 1 saturated heterocycles. The molecule has 9 heteroatoms. The van der Waals surface area contributed by atoms with Crippen molar-refractivity contribution < 1.29 is 23.8 Å². The van der Waals surface area contributed by atoms with Gasteiger partial charge in [0.1, 0.15) is 17.9 Å². The molecule has 2 aromatic carbocycles. The van der Waals surface area contributed by atoms with Crippen LogP contribution in [0.1, 0.15) is 17.3 Å². The standard InChI is InChI=1S/C26H28N4O5/c1-18(31)20-6-9-23(24(14-20)34-3)35-16-26(32)30-12-10-29(11-13-30)25-15-22(27-17-28-25)19-4-7-21(33-2)8-5-19/h4-9,14-15,17H,10-13,16H2,1-3H3. The summed E-state index contributed by atoms with van der Waals surface area (Å²) < 4.78 is 16.2. The third-order valence-electron chi connectivity index (χ3n) is 5.92. The predicted molar refractivity (Wildman–Crippen MR) is 131 cm³/mol. The molecule has 182 valence electrons. The molecule has 1 amide bonds. The Labute approximate surface area is 204 Å². The lowest BCUT2D eigenvalue weighted by Gasteiger charge is -2.35. The van der Waals surface area contributed by atoms with Crippen LogP contribution < -0.4 is 19.1 Å². The van der Waals surface area contributed by atoms with E-state index in [4.69, 9.17) is 14.2 Å². The number of ketones is 1. The number of aromatic nitrogens is 2. The average Bonchev–Trinajstić information content (AvgIpc) is 2.91. The zero-order chi connectivity index (χ0) is 24.8. The summed E-state index contributed by atoms with van der Waals surface area (Å²) in [4.78, 5) is 37.0. The molecular weight excluding hydrogens is 448 g/mol. The minimum Gasteiger partial charge on any atom is -0.497 e. The maximum absolute atomic E-state index is 12.7. The SMILES string of the molecule is COc1ccc(-c2cc(N3CCN(C(=O)COc4ccc(C(C)=O)cc4OC)CC3)ncn2)cc1. The van der Waals surface area contributed by atoms with Gasteiger partial charge in [0.2, 0.25) is 0 Å². The molecule has 0 aliphatic carbocycles. The molecule has 1 aromatic heterocycles. The molecule has 0 bridgehead atoms. The number of benzene rings is 2. The molecule has 0 unspecified atom stereocenters. The smallest absolute Gasteiger partial charge is 0.260 e. The van der Waals surface area contributed by atoms with Crippen LogP contribution >= 0.6 is 0 Å². The van der Waals surface area contributed by atoms with Crippen molar-refractivity contribution in [1.82, 2.24) is 14.9 Å². The van der Waals surface area contributed by atoms with Crippen molar-refractivity contribution in [3.63, 3.8) is 0 Å². The highest BCUT2D eigenvalue weighted by molar-refractivity contribution is 5.94. The first-order chi connectivity index (χ1) is 17.0. The van der Waals surface area contributed by atoms with Gasteiger partial charge < -0.3 is 24.0 Å². The van der Waals surface area contributed by atoms with Crippen molar-refractivity contribution in [2.24, 2.45) is 0 Å². The van der Waals surface area contributed by atoms with Crippen LogP contribution in [0.2, 0.25) is 0 Å². The van der Waals surface area contributed by atoms with E-state index >= 15 is 0 Å². The number of carbonyl (C=O) groups excluding carboxylic acids is 2. The van der Waals surface area contributed by atoms with Gasteiger partial charge >= 0.3 is 0 Å². The second-order valence-electron chi connectivity index (χ2n) is 8.07. The lowest BCUT2D eigenvalue weighted by atomic mass is 10.1. The average molecular weight is 477 g/mol. The van der Waals surface area contributed by atoms with Crippen LogP contribution in [0.4, 0.5) is 5.82 Å². The van der Waals surface area contributed by atoms with Crippen LogP contribution in [0.5, 0.6) is 17.2 Å². The molecule has 1 fully saturated rings. The van der Waals surface area contributed by atoms with Crippen molar-refractivity contribution in [3.05, 3.63) is 60.4 Å². The third kappa shape index (κ3) is 5.68. The van der Waals surface area contributed by atoms with Crippen LogP contribution in [-0.4, -0.2) is 73.6 Å². The lowest BCUT2D eigenvalue weighted by Crippen LogP contribution is -2.50. The van der Waals surface area contributed by atoms with Gasteiger partial charge in [0.15, 0.2) is 23.9 Å². The zero-order valence-electron chi connectivity index (χ0n) is 20.1. The molecule has 0 atom stereocenters. The molecular formula is C26H28N4O5. The molecule has 3 aromatic rings. The molecule has 0 N–H and O–H groups in total. The molecule has 1 aliphatic heterocycles. The molecule has 0 spiro atoms. The summed E-state index contributed by atoms with van der Waals surface area (Å²) in [5.74, 6) is 2.29. The molecule has 4 rings (SSSR count). The molecule has 0 radical (unpaired) electrons. The summed E-state index contributed by atoms with van der Waals surface area (Å²) in [6.07, 6.45) is 1.56. The summed E-state index contributed by atoms with van der Waals surface area (Å²) in [5.41, 5.74) is 2.33. The first-order valence-corrected chi connectivity index (χ1v) is 11.3. The van der Waals surface area contributed by atoms with Crippen molar-refractivity contribution >= 4 is 17.5 Å². The Morgan fingerprint density at radius 2 is 1.63 bits per heavy atom. The van der Waals surface area contributed by atoms with E-state index < -0.39 is 0 Å². The predicted octanol–water partition coefficient (Wildman–Crippen LogP) is 3.09. The summed E-state index contributed by atoms with van der Waals surface area (Å²) in [6.45, 7) is 3.81. The van der Waals surface area contributed by atoms with E-state index in [1.54, 1.807) is 36.5 Å². The van der Waals surface area contributed by atoms with Crippen molar-refractivity contribution in [2.45, 2.75) is 6.92 Å². The number of Topliss-reactive ketones (excluding diaryl/α,β-unsaturated/α-hetero) is 1. The van der Waals surface area contributed by atoms with Gasteiger partial charge in [0.05, 0.1) is 19.9 Å². The minimum atomic E-state index is -0.107. The number of ether oxygens (including phenoxy) is 3. The van der Waals surface area contributed by atoms with Gasteiger partial charge in [0, 0.05) is 43.4 Å². The number of hydrogen-bond acceptors (Lipinski definition) is 8. The van der Waals surface area contributed by atoms with Gasteiger partial charge in [-0.3, -0.25) is 9.59 Å². The summed E-state index contributed by atoms with van der Waals surface area (Å²) in [6, 6.07) is 14.6. The molecule has 35 heavy (non-hydrogen) atoms. The normalized spacial score (nSPS) is 13.3. The maximum atomic E-state index is 12.7. The van der Waals surface area contributed by atoms with Crippen LogP contribution in [0.15, 0.2) is 54.9 Å². The first kappa shape index (κ1) is 24.0. The highest BCUT2D eigenvalue weighted by Gasteiger charge is 2.23. The number of methoxy groups -OCH3 is 2. The third-order valence-corrected chi connectivity index (χ3v) is 5.92. The second-order valence-corrected chi connectivity index (χ2v) is 8.07. The van der Waals surface area contributed by atoms with Crippen molar-refractivity contribution in [3.8, 4) is 28.5 Å². The van der Waals surface area contributed by atoms with E-state index in [2.05, 4.69) is 14.9 Å². The van der Waals surface area contributed by atoms with Gasteiger partial charge in [-0.25, -0.2) is 9.97 Å². The Morgan fingerprint density at radius 1 is 0.886 bits per heavy atom. The number of hydrogen-bond donors (Lipinski definition) is 0. The van der Waals surface area contributed by atoms with Crippen molar-refractivity contribution in [2.75, 3.05) is 51.9 Å². The van der Waals surface area contributed by atoms with Crippen molar-refractivity contribution in [1.29, 1.82) is 0 Å². The van der Waals surface area contributed by atoms with Gasteiger partial charge in [0.25, 0.3) is 5.91 Å². The number of anilines is 1. The van der Waals surface area contributed by atoms with E-state index in [0.717, 1.165) is 22.8 Å². The zero-order valence-corrected chi connectivity index (χ0v) is 20.1. The topological polar surface area (TPSA) is 94.1 Å². The van der Waals surface area contributed by atoms with Crippen LogP contribution in [0, 0.1) is 0 Å². The molecule has 1 aliphatic rings. The fourth-order valence-corrected chi connectivity index (χ4v) is 3.86. The monoisotopic (exact) mass is 476 g/mol. The van der Waals surface area contributed by atoms with Gasteiger partial charge in [-0.05, 0) is 49.4 Å². The molecule has 2 heterocycles. The van der Waals surface area contributed by atoms with Crippen LogP contribution in [0.3, 0.4) is 0 Å². The van der Waals surface area contributed by atoms with E-state index in [9.17, 15) is 9.59 Å². The maximum Gasteiger partial charge on any atom is 0.260 e. The number of rotatable bonds is 8. The van der Waals surface area contributed by atoms with E-state index in [1.165, 1.54) is 14.0 Å². The summed E-state index contributed by atoms with van der Waals surface area (Å²) >= 11 is 0. The Hall–Kier alpha value is -4.14. The van der Waals surface area contributed by atoms with E-state index in [1.807, 2.05) is 30.3 Å².